The molecule has 2 rings (SSSR count). The lowest BCUT2D eigenvalue weighted by atomic mass is 10.2. The van der Waals surface area contributed by atoms with Gasteiger partial charge in [-0.3, -0.25) is 4.68 Å². The van der Waals surface area contributed by atoms with Gasteiger partial charge in [0.2, 0.25) is 0 Å². The van der Waals surface area contributed by atoms with Crippen molar-refractivity contribution in [3.63, 3.8) is 0 Å². The number of aryl methyl sites for hydroxylation is 1. The molecule has 0 bridgehead atoms. The first-order valence-corrected chi connectivity index (χ1v) is 6.21. The Morgan fingerprint density at radius 3 is 2.95 bits per heavy atom. The third-order valence-corrected chi connectivity index (χ3v) is 2.84. The molecule has 0 fully saturated rings. The van der Waals surface area contributed by atoms with Crippen LogP contribution in [0, 0.1) is 12.7 Å². The van der Waals surface area contributed by atoms with Crippen LogP contribution >= 0.6 is 0 Å². The Hall–Kier alpha value is -1.88. The summed E-state index contributed by atoms with van der Waals surface area (Å²) in [5.41, 5.74) is 1.96. The van der Waals surface area contributed by atoms with Crippen LogP contribution in [0.1, 0.15) is 11.1 Å². The zero-order chi connectivity index (χ0) is 13.7. The summed E-state index contributed by atoms with van der Waals surface area (Å²) in [5, 5.41) is 7.45. The Morgan fingerprint density at radius 1 is 1.42 bits per heavy atom. The van der Waals surface area contributed by atoms with Gasteiger partial charge in [-0.2, -0.15) is 5.10 Å². The van der Waals surface area contributed by atoms with E-state index in [9.17, 15) is 4.39 Å². The molecule has 0 aliphatic carbocycles. The molecule has 1 aromatic heterocycles. The number of methoxy groups -OCH3 is 1. The molecule has 5 heteroatoms. The molecule has 0 spiro atoms. The molecule has 0 unspecified atom stereocenters. The van der Waals surface area contributed by atoms with E-state index in [1.807, 2.05) is 24.0 Å². The van der Waals surface area contributed by atoms with E-state index in [4.69, 9.17) is 4.74 Å². The van der Waals surface area contributed by atoms with Gasteiger partial charge in [0.1, 0.15) is 11.6 Å². The monoisotopic (exact) mass is 263 g/mol. The quantitative estimate of drug-likeness (QED) is 0.811. The van der Waals surface area contributed by atoms with Gasteiger partial charge in [-0.15, -0.1) is 0 Å². The Bertz CT molecular complexity index is 539. The van der Waals surface area contributed by atoms with E-state index in [0.717, 1.165) is 24.2 Å². The van der Waals surface area contributed by atoms with Crippen LogP contribution in [0.25, 0.3) is 0 Å². The van der Waals surface area contributed by atoms with Crippen molar-refractivity contribution in [1.29, 1.82) is 0 Å². The Balaban J connectivity index is 1.83. The number of nitrogens with one attached hydrogen (secondary N) is 1. The number of benzene rings is 1. The molecular weight excluding hydrogens is 245 g/mol. The van der Waals surface area contributed by atoms with Crippen molar-refractivity contribution in [2.75, 3.05) is 13.7 Å². The van der Waals surface area contributed by atoms with Gasteiger partial charge in [-0.05, 0) is 30.7 Å². The normalized spacial score (nSPS) is 10.7. The van der Waals surface area contributed by atoms with E-state index in [2.05, 4.69) is 10.4 Å². The maximum Gasteiger partial charge on any atom is 0.123 e. The molecule has 1 N–H and O–H groups in total. The fourth-order valence-electron chi connectivity index (χ4n) is 1.89. The fourth-order valence-corrected chi connectivity index (χ4v) is 1.89. The molecule has 2 aromatic rings. The van der Waals surface area contributed by atoms with Gasteiger partial charge >= 0.3 is 0 Å². The SMILES string of the molecule is COc1ccc(F)cc1CNCCn1cc(C)cn1. The smallest absolute Gasteiger partial charge is 0.123 e. The van der Waals surface area contributed by atoms with Crippen molar-refractivity contribution in [2.45, 2.75) is 20.0 Å². The number of rotatable bonds is 6. The predicted molar refractivity (Wildman–Crippen MR) is 71.6 cm³/mol. The van der Waals surface area contributed by atoms with Gasteiger partial charge in [0.25, 0.3) is 0 Å². The lowest BCUT2D eigenvalue weighted by Gasteiger charge is -2.09. The molecule has 0 aliphatic heterocycles. The van der Waals surface area contributed by atoms with Crippen molar-refractivity contribution >= 4 is 0 Å². The average molecular weight is 263 g/mol. The predicted octanol–water partition coefficient (Wildman–Crippen LogP) is 2.13. The van der Waals surface area contributed by atoms with Crippen LogP contribution in [0.5, 0.6) is 5.75 Å². The van der Waals surface area contributed by atoms with Crippen LogP contribution in [0.3, 0.4) is 0 Å². The number of nitrogens with zero attached hydrogens (tertiary/aromatic N) is 2. The highest BCUT2D eigenvalue weighted by Gasteiger charge is 2.04. The third-order valence-electron chi connectivity index (χ3n) is 2.84. The van der Waals surface area contributed by atoms with Gasteiger partial charge in [-0.1, -0.05) is 0 Å². The first kappa shape index (κ1) is 13.5. The standard InChI is InChI=1S/C14H18FN3O/c1-11-8-17-18(10-11)6-5-16-9-12-7-13(15)3-4-14(12)19-2/h3-4,7-8,10,16H,5-6,9H2,1-2H3. The first-order chi connectivity index (χ1) is 9.19. The van der Waals surface area contributed by atoms with Gasteiger partial charge in [0, 0.05) is 24.8 Å². The van der Waals surface area contributed by atoms with E-state index in [1.165, 1.54) is 12.1 Å². The zero-order valence-electron chi connectivity index (χ0n) is 11.2. The summed E-state index contributed by atoms with van der Waals surface area (Å²) in [6.07, 6.45) is 3.82. The van der Waals surface area contributed by atoms with E-state index in [-0.39, 0.29) is 5.82 Å². The molecule has 0 atom stereocenters. The Labute approximate surface area is 112 Å². The van der Waals surface area contributed by atoms with Crippen molar-refractivity contribution in [3.8, 4) is 5.75 Å². The average Bonchev–Trinajstić information content (AvgIpc) is 2.81. The summed E-state index contributed by atoms with van der Waals surface area (Å²) >= 11 is 0. The van der Waals surface area contributed by atoms with E-state index in [0.29, 0.717) is 12.3 Å². The van der Waals surface area contributed by atoms with Crippen LogP contribution in [0.15, 0.2) is 30.6 Å². The maximum absolute atomic E-state index is 13.2. The molecule has 102 valence electrons. The van der Waals surface area contributed by atoms with Crippen LogP contribution in [0.4, 0.5) is 4.39 Å². The minimum atomic E-state index is -0.250. The van der Waals surface area contributed by atoms with Crippen molar-refractivity contribution < 1.29 is 9.13 Å². The summed E-state index contributed by atoms with van der Waals surface area (Å²) in [5.74, 6) is 0.448. The van der Waals surface area contributed by atoms with Crippen LogP contribution in [-0.4, -0.2) is 23.4 Å². The second kappa shape index (κ2) is 6.33. The molecular formula is C14H18FN3O. The highest BCUT2D eigenvalue weighted by molar-refractivity contribution is 5.33. The largest absolute Gasteiger partial charge is 0.496 e. The Kier molecular flexibility index (Phi) is 4.52. The fraction of sp³-hybridized carbons (Fsp3) is 0.357. The molecule has 0 saturated carbocycles. The summed E-state index contributed by atoms with van der Waals surface area (Å²) in [6.45, 7) is 4.13. The summed E-state index contributed by atoms with van der Waals surface area (Å²) in [7, 11) is 1.59. The van der Waals surface area contributed by atoms with Gasteiger partial charge < -0.3 is 10.1 Å². The van der Waals surface area contributed by atoms with E-state index >= 15 is 0 Å². The topological polar surface area (TPSA) is 39.1 Å². The van der Waals surface area contributed by atoms with E-state index < -0.39 is 0 Å². The van der Waals surface area contributed by atoms with Gasteiger partial charge in [0.05, 0.1) is 19.9 Å². The molecule has 0 amide bonds. The van der Waals surface area contributed by atoms with Gasteiger partial charge in [-0.25, -0.2) is 4.39 Å². The number of ether oxygens (including phenoxy) is 1. The van der Waals surface area contributed by atoms with E-state index in [1.54, 1.807) is 13.2 Å². The third kappa shape index (κ3) is 3.79. The van der Waals surface area contributed by atoms with Gasteiger partial charge in [0.15, 0.2) is 0 Å². The minimum Gasteiger partial charge on any atom is -0.496 e. The van der Waals surface area contributed by atoms with Crippen LogP contribution < -0.4 is 10.1 Å². The van der Waals surface area contributed by atoms with Crippen molar-refractivity contribution in [1.82, 2.24) is 15.1 Å². The molecule has 0 aliphatic rings. The highest BCUT2D eigenvalue weighted by atomic mass is 19.1. The molecule has 0 saturated heterocycles. The lowest BCUT2D eigenvalue weighted by Crippen LogP contribution is -2.20. The summed E-state index contributed by atoms with van der Waals surface area (Å²) in [6, 6.07) is 4.53. The summed E-state index contributed by atoms with van der Waals surface area (Å²) < 4.78 is 20.2. The molecule has 1 heterocycles. The minimum absolute atomic E-state index is 0.250. The lowest BCUT2D eigenvalue weighted by molar-refractivity contribution is 0.405. The highest BCUT2D eigenvalue weighted by Crippen LogP contribution is 2.18. The summed E-state index contributed by atoms with van der Waals surface area (Å²) in [4.78, 5) is 0. The second-order valence-corrected chi connectivity index (χ2v) is 4.41. The second-order valence-electron chi connectivity index (χ2n) is 4.41. The zero-order valence-corrected chi connectivity index (χ0v) is 11.2. The van der Waals surface area contributed by atoms with Crippen LogP contribution in [-0.2, 0) is 13.1 Å². The molecule has 4 nitrogen and oxygen atoms in total. The molecule has 19 heavy (non-hydrogen) atoms. The number of aromatic nitrogens is 2. The molecule has 0 radical (unpaired) electrons. The number of hydrogen-bond donors (Lipinski definition) is 1. The maximum atomic E-state index is 13.2. The molecule has 1 aromatic carbocycles. The van der Waals surface area contributed by atoms with Crippen LogP contribution in [0.2, 0.25) is 0 Å². The number of halogens is 1. The Morgan fingerprint density at radius 2 is 2.26 bits per heavy atom. The van der Waals surface area contributed by atoms with Crippen molar-refractivity contribution in [2.24, 2.45) is 0 Å². The van der Waals surface area contributed by atoms with Crippen molar-refractivity contribution in [3.05, 3.63) is 47.5 Å². The first-order valence-electron chi connectivity index (χ1n) is 6.21. The number of hydrogen-bond acceptors (Lipinski definition) is 3.